The van der Waals surface area contributed by atoms with Crippen LogP contribution in [0.1, 0.15) is 57.7 Å². The fraction of sp³-hybridized carbons (Fsp3) is 0.364. The second-order valence-corrected chi connectivity index (χ2v) is 11.7. The minimum atomic E-state index is -1.13. The number of hydrogen-bond acceptors (Lipinski definition) is 5. The predicted octanol–water partition coefficient (Wildman–Crippen LogP) is 6.60. The maximum atomic E-state index is 14.3. The summed E-state index contributed by atoms with van der Waals surface area (Å²) in [5.74, 6) is -2.22. The highest BCUT2D eigenvalue weighted by molar-refractivity contribution is 5.82. The molecule has 2 atom stereocenters. The lowest BCUT2D eigenvalue weighted by atomic mass is 9.85. The molecule has 0 unspecified atom stereocenters. The van der Waals surface area contributed by atoms with Gasteiger partial charge in [0, 0.05) is 37.6 Å². The van der Waals surface area contributed by atoms with Crippen LogP contribution in [-0.2, 0) is 19.9 Å². The van der Waals surface area contributed by atoms with Gasteiger partial charge in [-0.1, -0.05) is 36.4 Å². The first-order chi connectivity index (χ1) is 20.8. The van der Waals surface area contributed by atoms with Crippen molar-refractivity contribution < 1.29 is 37.0 Å². The van der Waals surface area contributed by atoms with E-state index in [1.807, 2.05) is 6.92 Å². The number of benzene rings is 3. The molecule has 8 nitrogen and oxygen atoms in total. The van der Waals surface area contributed by atoms with Gasteiger partial charge in [0.1, 0.15) is 28.7 Å². The highest BCUT2D eigenvalue weighted by atomic mass is 19.1. The minimum Gasteiger partial charge on any atom is -0.444 e. The van der Waals surface area contributed by atoms with Crippen molar-refractivity contribution in [1.82, 2.24) is 15.5 Å². The van der Waals surface area contributed by atoms with Crippen molar-refractivity contribution in [3.63, 3.8) is 0 Å². The summed E-state index contributed by atoms with van der Waals surface area (Å²) >= 11 is 0. The molecular formula is C33H36F3N3O5. The molecule has 11 heteroatoms. The summed E-state index contributed by atoms with van der Waals surface area (Å²) in [4.78, 5) is 39.2. The van der Waals surface area contributed by atoms with Crippen LogP contribution in [0.4, 0.5) is 22.8 Å². The van der Waals surface area contributed by atoms with Crippen molar-refractivity contribution in [3.05, 3.63) is 95.3 Å². The highest BCUT2D eigenvalue weighted by Crippen LogP contribution is 2.39. The summed E-state index contributed by atoms with van der Waals surface area (Å²) < 4.78 is 52.5. The van der Waals surface area contributed by atoms with Gasteiger partial charge in [-0.25, -0.2) is 22.8 Å². The number of nitrogens with one attached hydrogen (secondary N) is 2. The lowest BCUT2D eigenvalue weighted by Gasteiger charge is -2.43. The first-order valence-electron chi connectivity index (χ1n) is 14.3. The molecular weight excluding hydrogens is 575 g/mol. The monoisotopic (exact) mass is 611 g/mol. The Morgan fingerprint density at radius 2 is 1.64 bits per heavy atom. The molecule has 1 aliphatic heterocycles. The molecule has 0 spiro atoms. The third kappa shape index (κ3) is 8.09. The number of cyclic esters (lactones) is 1. The summed E-state index contributed by atoms with van der Waals surface area (Å²) in [6.45, 7) is 7.11. The Morgan fingerprint density at radius 3 is 2.25 bits per heavy atom. The summed E-state index contributed by atoms with van der Waals surface area (Å²) in [7, 11) is 0. The fourth-order valence-electron chi connectivity index (χ4n) is 5.08. The van der Waals surface area contributed by atoms with E-state index >= 15 is 0 Å². The molecule has 3 aromatic carbocycles. The second-order valence-electron chi connectivity index (χ2n) is 11.7. The smallest absolute Gasteiger partial charge is 0.411 e. The molecule has 2 N–H and O–H groups in total. The van der Waals surface area contributed by atoms with Crippen LogP contribution < -0.4 is 10.6 Å². The van der Waals surface area contributed by atoms with Gasteiger partial charge >= 0.3 is 12.2 Å². The number of rotatable bonds is 9. The van der Waals surface area contributed by atoms with Gasteiger partial charge in [-0.3, -0.25) is 4.79 Å². The SMILES string of the molecule is C[C@@H](c1ccc(-c2ccc(F)cc2F)cc1)N1CC[C@](CCNC(=O)CNC(=O)OC(C)(C)C)(c2ccc(F)cc2)OC1=O. The predicted molar refractivity (Wildman–Crippen MR) is 158 cm³/mol. The molecule has 44 heavy (non-hydrogen) atoms. The van der Waals surface area contributed by atoms with Gasteiger partial charge in [-0.15, -0.1) is 0 Å². The topological polar surface area (TPSA) is 97.0 Å². The summed E-state index contributed by atoms with van der Waals surface area (Å²) in [6, 6.07) is 15.7. The zero-order valence-electron chi connectivity index (χ0n) is 25.1. The second kappa shape index (κ2) is 13.4. The zero-order chi connectivity index (χ0) is 32.1. The number of carbonyl (C=O) groups excluding carboxylic acids is 3. The van der Waals surface area contributed by atoms with Crippen LogP contribution in [0.2, 0.25) is 0 Å². The lowest BCUT2D eigenvalue weighted by molar-refractivity contribution is -0.120. The van der Waals surface area contributed by atoms with E-state index in [9.17, 15) is 27.6 Å². The van der Waals surface area contributed by atoms with Crippen molar-refractivity contribution in [2.45, 2.75) is 57.8 Å². The van der Waals surface area contributed by atoms with Crippen LogP contribution in [0.3, 0.4) is 0 Å². The molecule has 0 bridgehead atoms. The van der Waals surface area contributed by atoms with Crippen molar-refractivity contribution in [2.24, 2.45) is 0 Å². The molecule has 234 valence electrons. The quantitative estimate of drug-likeness (QED) is 0.284. The number of nitrogens with zero attached hydrogens (tertiary/aromatic N) is 1. The van der Waals surface area contributed by atoms with Gasteiger partial charge in [0.05, 0.1) is 12.6 Å². The Morgan fingerprint density at radius 1 is 0.977 bits per heavy atom. The van der Waals surface area contributed by atoms with Crippen LogP contribution in [0, 0.1) is 17.5 Å². The minimum absolute atomic E-state index is 0.121. The first-order valence-corrected chi connectivity index (χ1v) is 14.3. The van der Waals surface area contributed by atoms with Gasteiger partial charge in [0.25, 0.3) is 0 Å². The Balaban J connectivity index is 1.42. The molecule has 0 aromatic heterocycles. The number of carbonyl (C=O) groups is 3. The Bertz CT molecular complexity index is 1490. The van der Waals surface area contributed by atoms with E-state index in [4.69, 9.17) is 9.47 Å². The van der Waals surface area contributed by atoms with E-state index in [2.05, 4.69) is 10.6 Å². The van der Waals surface area contributed by atoms with E-state index in [1.165, 1.54) is 24.3 Å². The largest absolute Gasteiger partial charge is 0.444 e. The van der Waals surface area contributed by atoms with Crippen molar-refractivity contribution in [2.75, 3.05) is 19.6 Å². The molecule has 1 fully saturated rings. The van der Waals surface area contributed by atoms with E-state index in [0.717, 1.165) is 11.6 Å². The number of hydrogen-bond donors (Lipinski definition) is 2. The molecule has 0 aliphatic carbocycles. The van der Waals surface area contributed by atoms with E-state index in [-0.39, 0.29) is 31.1 Å². The molecule has 0 radical (unpaired) electrons. The third-order valence-corrected chi connectivity index (χ3v) is 7.39. The summed E-state index contributed by atoms with van der Waals surface area (Å²) in [6.07, 6.45) is -0.731. The van der Waals surface area contributed by atoms with Crippen molar-refractivity contribution >= 4 is 18.1 Å². The molecule has 3 aromatic rings. The van der Waals surface area contributed by atoms with Crippen LogP contribution in [0.5, 0.6) is 0 Å². The number of ether oxygens (including phenoxy) is 2. The number of amides is 3. The van der Waals surface area contributed by atoms with Gasteiger partial charge in [-0.05, 0) is 68.7 Å². The Labute approximate surface area is 254 Å². The van der Waals surface area contributed by atoms with Crippen molar-refractivity contribution in [3.8, 4) is 11.1 Å². The van der Waals surface area contributed by atoms with E-state index in [0.29, 0.717) is 24.1 Å². The average Bonchev–Trinajstić information content (AvgIpc) is 2.95. The van der Waals surface area contributed by atoms with Crippen LogP contribution in [0.25, 0.3) is 11.1 Å². The Kier molecular flexibility index (Phi) is 9.86. The van der Waals surface area contributed by atoms with Gasteiger partial charge < -0.3 is 25.0 Å². The van der Waals surface area contributed by atoms with Crippen LogP contribution >= 0.6 is 0 Å². The summed E-state index contributed by atoms with van der Waals surface area (Å²) in [5, 5.41) is 5.11. The van der Waals surface area contributed by atoms with E-state index in [1.54, 1.807) is 62.1 Å². The molecule has 1 aliphatic rings. The molecule has 4 rings (SSSR count). The standard InChI is InChI=1S/C33H36F3N3O5/c1-21(22-5-7-23(8-6-22)27-14-13-26(35)19-28(27)36)39-18-16-33(44-31(39)42,24-9-11-25(34)12-10-24)15-17-37-29(40)20-38-30(41)43-32(2,3)4/h5-14,19,21H,15-18,20H2,1-4H3,(H,37,40)(H,38,41)/t21-,33+/m0/s1. The van der Waals surface area contributed by atoms with Crippen LogP contribution in [-0.4, -0.2) is 48.2 Å². The highest BCUT2D eigenvalue weighted by Gasteiger charge is 2.43. The zero-order valence-corrected chi connectivity index (χ0v) is 25.1. The molecule has 0 saturated carbocycles. The van der Waals surface area contributed by atoms with Gasteiger partial charge in [0.15, 0.2) is 0 Å². The summed E-state index contributed by atoms with van der Waals surface area (Å²) in [5.41, 5.74) is 0.374. The normalized spacial score (nSPS) is 17.4. The third-order valence-electron chi connectivity index (χ3n) is 7.39. The first kappa shape index (κ1) is 32.4. The van der Waals surface area contributed by atoms with Gasteiger partial charge in [0.2, 0.25) is 5.91 Å². The van der Waals surface area contributed by atoms with Gasteiger partial charge in [-0.2, -0.15) is 0 Å². The Hall–Kier alpha value is -4.54. The van der Waals surface area contributed by atoms with E-state index < -0.39 is 46.7 Å². The molecule has 1 saturated heterocycles. The maximum Gasteiger partial charge on any atom is 0.411 e. The molecule has 3 amide bonds. The lowest BCUT2D eigenvalue weighted by Crippen LogP contribution is -2.50. The van der Waals surface area contributed by atoms with Crippen molar-refractivity contribution in [1.29, 1.82) is 0 Å². The molecule has 1 heterocycles. The average molecular weight is 612 g/mol. The fourth-order valence-corrected chi connectivity index (χ4v) is 5.08. The van der Waals surface area contributed by atoms with Crippen LogP contribution in [0.15, 0.2) is 66.7 Å². The number of alkyl carbamates (subject to hydrolysis) is 1. The number of halogens is 3. The maximum absolute atomic E-state index is 14.3.